The quantitative estimate of drug-likeness (QED) is 0.471. The molecule has 6 rings (SSSR count). The second kappa shape index (κ2) is 7.99. The fourth-order valence-electron chi connectivity index (χ4n) is 5.28. The predicted octanol–water partition coefficient (Wildman–Crippen LogP) is 4.39. The summed E-state index contributed by atoms with van der Waals surface area (Å²) in [5.41, 5.74) is 1.93. The fourth-order valence-corrected chi connectivity index (χ4v) is 6.84. The Hall–Kier alpha value is -3.02. The van der Waals surface area contributed by atoms with Crippen LogP contribution >= 0.6 is 0 Å². The number of aryl methyl sites for hydroxylation is 1. The van der Waals surface area contributed by atoms with E-state index in [1.165, 1.54) is 6.07 Å². The number of carbonyl (C=O) groups excluding carboxylic acids is 1. The second-order valence-electron chi connectivity index (χ2n) is 9.59. The van der Waals surface area contributed by atoms with Gasteiger partial charge in [-0.2, -0.15) is 18.3 Å². The smallest absolute Gasteiger partial charge is 0.416 e. The minimum absolute atomic E-state index is 0.0373. The molecular formula is C25H23F3N4O3S. The number of fused-ring (bicyclic) bond motifs is 1. The molecule has 1 amide bonds. The van der Waals surface area contributed by atoms with Gasteiger partial charge >= 0.3 is 6.18 Å². The van der Waals surface area contributed by atoms with Crippen molar-refractivity contribution in [2.45, 2.75) is 42.9 Å². The van der Waals surface area contributed by atoms with Crippen molar-refractivity contribution in [1.29, 1.82) is 0 Å². The number of alkyl halides is 3. The van der Waals surface area contributed by atoms with Gasteiger partial charge in [0.1, 0.15) is 5.69 Å². The highest BCUT2D eigenvalue weighted by Crippen LogP contribution is 2.52. The summed E-state index contributed by atoms with van der Waals surface area (Å²) < 4.78 is 68.3. The number of benzene rings is 2. The largest absolute Gasteiger partial charge is 0.593 e. The van der Waals surface area contributed by atoms with Crippen molar-refractivity contribution in [3.05, 3.63) is 77.1 Å². The summed E-state index contributed by atoms with van der Waals surface area (Å²) in [6.07, 6.45) is -2.69. The molecule has 2 unspecified atom stereocenters. The first kappa shape index (κ1) is 23.4. The number of hydrogen-bond donors (Lipinski definition) is 0. The molecular weight excluding hydrogens is 493 g/mol. The Labute approximate surface area is 206 Å². The first-order chi connectivity index (χ1) is 17.1. The molecule has 7 nitrogen and oxygen atoms in total. The molecule has 3 aliphatic rings. The highest BCUT2D eigenvalue weighted by atomic mass is 32.3. The number of carbonyl (C=O) groups is 1. The van der Waals surface area contributed by atoms with Crippen LogP contribution in [-0.2, 0) is 20.8 Å². The van der Waals surface area contributed by atoms with Crippen molar-refractivity contribution in [2.24, 2.45) is 5.92 Å². The summed E-state index contributed by atoms with van der Waals surface area (Å²) in [4.78, 5) is 15.1. The zero-order chi connectivity index (χ0) is 25.4. The van der Waals surface area contributed by atoms with E-state index in [2.05, 4.69) is 5.10 Å². The van der Waals surface area contributed by atoms with Crippen molar-refractivity contribution in [3.63, 3.8) is 0 Å². The molecule has 1 aromatic heterocycles. The van der Waals surface area contributed by atoms with Crippen LogP contribution in [0.5, 0.6) is 0 Å². The second-order valence-corrected chi connectivity index (χ2v) is 11.5. The van der Waals surface area contributed by atoms with Crippen LogP contribution in [0.25, 0.3) is 5.69 Å². The van der Waals surface area contributed by atoms with Crippen LogP contribution in [0.2, 0.25) is 0 Å². The zero-order valence-electron chi connectivity index (χ0n) is 19.3. The first-order valence-corrected chi connectivity index (χ1v) is 13.2. The Balaban J connectivity index is 1.28. The van der Waals surface area contributed by atoms with E-state index in [4.69, 9.17) is 0 Å². The number of aromatic nitrogens is 2. The third kappa shape index (κ3) is 3.60. The van der Waals surface area contributed by atoms with E-state index in [1.807, 2.05) is 37.3 Å². The van der Waals surface area contributed by atoms with Crippen LogP contribution in [-0.4, -0.2) is 48.6 Å². The van der Waals surface area contributed by atoms with Gasteiger partial charge in [-0.3, -0.25) is 4.79 Å². The summed E-state index contributed by atoms with van der Waals surface area (Å²) in [5, 5.41) is 4.64. The van der Waals surface area contributed by atoms with Gasteiger partial charge in [0, 0.05) is 11.6 Å². The molecule has 3 aromatic rings. The molecule has 1 aliphatic carbocycles. The molecule has 1 saturated heterocycles. The van der Waals surface area contributed by atoms with Crippen molar-refractivity contribution >= 4 is 16.3 Å². The Morgan fingerprint density at radius 2 is 1.75 bits per heavy atom. The van der Waals surface area contributed by atoms with Crippen LogP contribution in [0.1, 0.15) is 46.2 Å². The van der Waals surface area contributed by atoms with E-state index in [-0.39, 0.29) is 37.0 Å². The number of para-hydroxylation sites is 1. The van der Waals surface area contributed by atoms with Crippen LogP contribution in [0, 0.1) is 12.8 Å². The number of hydrogen-bond acceptors (Lipinski definition) is 4. The molecule has 1 saturated carbocycles. The van der Waals surface area contributed by atoms with Gasteiger partial charge in [0.15, 0.2) is 15.3 Å². The standard InChI is InChI=1S/C25H23F3N4O3S/c1-15-21-22(16-10-11-16)31(24(33)23(21)32(29-15)18-7-3-2-4-8-18)19-13-30(14-19)36(34,35)20-9-5-6-17(12-20)25(26,27)28/h2-9,12,16,19,22H,10-11,13-14H2,1H3. The van der Waals surface area contributed by atoms with Gasteiger partial charge in [-0.15, -0.1) is 4.31 Å². The minimum Gasteiger partial charge on any atom is -0.593 e. The van der Waals surface area contributed by atoms with E-state index >= 15 is 0 Å². The lowest BCUT2D eigenvalue weighted by molar-refractivity contribution is -0.137. The van der Waals surface area contributed by atoms with E-state index in [0.29, 0.717) is 11.8 Å². The molecule has 0 radical (unpaired) electrons. The molecule has 11 heteroatoms. The summed E-state index contributed by atoms with van der Waals surface area (Å²) in [6.45, 7) is 1.96. The molecule has 2 aromatic carbocycles. The maximum atomic E-state index is 13.7. The van der Waals surface area contributed by atoms with E-state index in [9.17, 15) is 26.7 Å². The number of nitrogens with zero attached hydrogens (tertiary/aromatic N) is 4. The third-order valence-electron chi connectivity index (χ3n) is 7.23. The molecule has 188 valence electrons. The van der Waals surface area contributed by atoms with Gasteiger partial charge in [-0.25, -0.2) is 4.68 Å². The van der Waals surface area contributed by atoms with Crippen LogP contribution in [0.4, 0.5) is 13.2 Å². The van der Waals surface area contributed by atoms with Crippen LogP contribution in [0.3, 0.4) is 0 Å². The summed E-state index contributed by atoms with van der Waals surface area (Å²) in [6, 6.07) is 12.6. The molecule has 2 fully saturated rings. The van der Waals surface area contributed by atoms with Crippen molar-refractivity contribution < 1.29 is 26.7 Å². The number of amides is 1. The molecule has 0 N–H and O–H groups in total. The minimum atomic E-state index is -4.64. The molecule has 0 spiro atoms. The number of rotatable bonds is 5. The average molecular weight is 517 g/mol. The van der Waals surface area contributed by atoms with Gasteiger partial charge in [0.2, 0.25) is 0 Å². The van der Waals surface area contributed by atoms with Crippen LogP contribution < -0.4 is 0 Å². The molecule has 3 heterocycles. The summed E-state index contributed by atoms with van der Waals surface area (Å²) in [7, 11) is -4.12. The fraction of sp³-hybridized carbons (Fsp3) is 0.360. The Kier molecular flexibility index (Phi) is 5.19. The lowest BCUT2D eigenvalue weighted by atomic mass is 10.0. The van der Waals surface area contributed by atoms with Gasteiger partial charge in [0.05, 0.1) is 42.1 Å². The van der Waals surface area contributed by atoms with E-state index < -0.39 is 27.0 Å². The van der Waals surface area contributed by atoms with Crippen molar-refractivity contribution in [3.8, 4) is 5.69 Å². The van der Waals surface area contributed by atoms with Gasteiger partial charge in [-0.1, -0.05) is 28.5 Å². The number of sulfonamides is 1. The maximum absolute atomic E-state index is 13.7. The van der Waals surface area contributed by atoms with Crippen molar-refractivity contribution in [1.82, 2.24) is 19.0 Å². The van der Waals surface area contributed by atoms with Gasteiger partial charge in [-0.05, 0) is 49.9 Å². The first-order valence-electron chi connectivity index (χ1n) is 11.7. The van der Waals surface area contributed by atoms with E-state index in [0.717, 1.165) is 46.2 Å². The SMILES string of the molecule is Cc1nn(-c2ccccc2)c2c1C(C1CC1)N(C1CN([S+](=O)([O-])c3cccc(C(F)(F)F)c3)C1)C2=O. The highest BCUT2D eigenvalue weighted by molar-refractivity contribution is 7.95. The average Bonchev–Trinajstić information content (AvgIpc) is 3.53. The van der Waals surface area contributed by atoms with E-state index in [1.54, 1.807) is 9.58 Å². The zero-order valence-corrected chi connectivity index (χ0v) is 20.1. The Bertz CT molecular complexity index is 1400. The molecule has 0 bridgehead atoms. The highest BCUT2D eigenvalue weighted by Gasteiger charge is 2.55. The summed E-state index contributed by atoms with van der Waals surface area (Å²) in [5.74, 6) is 0.101. The monoisotopic (exact) mass is 516 g/mol. The van der Waals surface area contributed by atoms with Gasteiger partial charge < -0.3 is 9.45 Å². The van der Waals surface area contributed by atoms with Crippen molar-refractivity contribution in [2.75, 3.05) is 13.1 Å². The normalized spacial score (nSPS) is 22.4. The van der Waals surface area contributed by atoms with Crippen LogP contribution in [0.15, 0.2) is 59.5 Å². The summed E-state index contributed by atoms with van der Waals surface area (Å²) >= 11 is 0. The molecule has 2 atom stereocenters. The lowest BCUT2D eigenvalue weighted by Crippen LogP contribution is -2.63. The predicted molar refractivity (Wildman–Crippen MR) is 124 cm³/mol. The molecule has 2 aliphatic heterocycles. The van der Waals surface area contributed by atoms with Gasteiger partial charge in [0.25, 0.3) is 5.91 Å². The molecule has 36 heavy (non-hydrogen) atoms. The maximum Gasteiger partial charge on any atom is 0.416 e. The lowest BCUT2D eigenvalue weighted by Gasteiger charge is -2.45. The number of halogens is 3. The Morgan fingerprint density at radius 3 is 2.39 bits per heavy atom. The Morgan fingerprint density at radius 1 is 1.06 bits per heavy atom. The third-order valence-corrected chi connectivity index (χ3v) is 9.06. The topological polar surface area (TPSA) is 81.5 Å².